The van der Waals surface area contributed by atoms with Crippen LogP contribution in [0.4, 0.5) is 4.39 Å². The van der Waals surface area contributed by atoms with Crippen molar-refractivity contribution in [1.82, 2.24) is 10.6 Å². The fourth-order valence-electron chi connectivity index (χ4n) is 3.22. The molecule has 6 heteroatoms. The number of rotatable bonds is 10. The number of aryl methyl sites for hydroxylation is 1. The number of halogens is 1. The number of terminal acetylenes is 1. The Kier molecular flexibility index (Phi) is 22.3. The molecule has 1 aliphatic heterocycles. The van der Waals surface area contributed by atoms with Crippen molar-refractivity contribution in [3.05, 3.63) is 107 Å². The van der Waals surface area contributed by atoms with Gasteiger partial charge >= 0.3 is 0 Å². The number of hydrogen-bond acceptors (Lipinski definition) is 5. The van der Waals surface area contributed by atoms with Gasteiger partial charge in [0.1, 0.15) is 5.82 Å². The minimum absolute atomic E-state index is 0.0262. The molecule has 0 saturated heterocycles. The molecular weight excluding hydrogens is 503 g/mol. The molecule has 1 heterocycles. The maximum Gasteiger partial charge on any atom is 0.126 e. The lowest BCUT2D eigenvalue weighted by atomic mass is 10.0. The van der Waals surface area contributed by atoms with Crippen LogP contribution in [0.5, 0.6) is 0 Å². The van der Waals surface area contributed by atoms with Gasteiger partial charge < -0.3 is 16.4 Å². The van der Waals surface area contributed by atoms with Gasteiger partial charge in [0.2, 0.25) is 0 Å². The van der Waals surface area contributed by atoms with Gasteiger partial charge in [-0.1, -0.05) is 49.1 Å². The van der Waals surface area contributed by atoms with Gasteiger partial charge in [0.05, 0.1) is 11.4 Å². The fraction of sp³-hybridized carbons (Fsp3) is 0.364. The highest BCUT2D eigenvalue weighted by atomic mass is 32.2. The molecule has 4 nitrogen and oxygen atoms in total. The van der Waals surface area contributed by atoms with Gasteiger partial charge in [0.15, 0.2) is 0 Å². The number of hydrogen-bond donors (Lipinski definition) is 3. The molecule has 4 N–H and O–H groups in total. The lowest BCUT2D eigenvalue weighted by molar-refractivity contribution is 0.617. The summed E-state index contributed by atoms with van der Waals surface area (Å²) in [5, 5.41) is 6.34. The molecule has 1 aromatic carbocycles. The lowest BCUT2D eigenvalue weighted by Crippen LogP contribution is -2.25. The SMILES string of the molecule is C#C.C=C(C)C1=CC=C(C)CS1.C=C(NCc1ccc(F)c(C)c1)C(=NC)C(C)=CC(N)CCNC.C=CC. The largest absolute Gasteiger partial charge is 0.380 e. The molecule has 0 amide bonds. The smallest absolute Gasteiger partial charge is 0.126 e. The Morgan fingerprint density at radius 2 is 1.85 bits per heavy atom. The van der Waals surface area contributed by atoms with Gasteiger partial charge in [-0.2, -0.15) is 0 Å². The van der Waals surface area contributed by atoms with E-state index in [9.17, 15) is 4.39 Å². The quantitative estimate of drug-likeness (QED) is 0.162. The minimum Gasteiger partial charge on any atom is -0.380 e. The summed E-state index contributed by atoms with van der Waals surface area (Å²) < 4.78 is 13.3. The number of nitrogens with two attached hydrogens (primary N) is 1. The molecule has 0 fully saturated rings. The zero-order valence-corrected chi connectivity index (χ0v) is 25.9. The predicted octanol–water partition coefficient (Wildman–Crippen LogP) is 7.27. The average Bonchev–Trinajstić information content (AvgIpc) is 2.90. The number of allylic oxidation sites excluding steroid dienone is 5. The normalized spacial score (nSPS) is 13.4. The Labute approximate surface area is 242 Å². The van der Waals surface area contributed by atoms with Crippen molar-refractivity contribution in [2.24, 2.45) is 10.7 Å². The first-order valence-electron chi connectivity index (χ1n) is 12.8. The second-order valence-electron chi connectivity index (χ2n) is 8.91. The van der Waals surface area contributed by atoms with Gasteiger partial charge in [-0.3, -0.25) is 4.99 Å². The van der Waals surface area contributed by atoms with Crippen molar-refractivity contribution in [2.45, 2.75) is 53.6 Å². The first kappa shape index (κ1) is 38.0. The van der Waals surface area contributed by atoms with Crippen molar-refractivity contribution >= 4 is 17.5 Å². The van der Waals surface area contributed by atoms with E-state index >= 15 is 0 Å². The van der Waals surface area contributed by atoms with E-state index in [1.165, 1.54) is 22.1 Å². The molecule has 2 rings (SSSR count). The third kappa shape index (κ3) is 17.2. The molecule has 1 aromatic rings. The molecule has 0 saturated carbocycles. The van der Waals surface area contributed by atoms with Gasteiger partial charge in [-0.05, 0) is 89.0 Å². The van der Waals surface area contributed by atoms with E-state index in [1.807, 2.05) is 51.7 Å². The summed E-state index contributed by atoms with van der Waals surface area (Å²) in [4.78, 5) is 5.64. The standard InChI is InChI=1S/C19H29FN4.C9H12S.C3H6.C2H2/c1-13-10-16(6-7-18(13)20)12-24-15(3)19(23-5)14(2)11-17(21)8-9-22-4;1-7(2)9-5-4-8(3)6-10-9;1-3-2;1-2/h6-7,10-11,17,22,24H,3,8-9,12,21H2,1-2,4-5H3;4-5H,1,6H2,2-3H3;3H,1H2,2H3;1-2H. The number of nitrogens with one attached hydrogen (secondary N) is 2. The highest BCUT2D eigenvalue weighted by molar-refractivity contribution is 8.03. The Bertz CT molecular complexity index is 1060. The first-order chi connectivity index (χ1) is 18.5. The van der Waals surface area contributed by atoms with Crippen LogP contribution in [0.25, 0.3) is 0 Å². The van der Waals surface area contributed by atoms with Crippen LogP contribution in [-0.2, 0) is 6.54 Å². The third-order valence-electron chi connectivity index (χ3n) is 5.20. The number of benzene rings is 1. The van der Waals surface area contributed by atoms with Crippen LogP contribution in [-0.4, -0.2) is 38.1 Å². The molecule has 214 valence electrons. The van der Waals surface area contributed by atoms with E-state index in [0.29, 0.717) is 12.1 Å². The van der Waals surface area contributed by atoms with Crippen LogP contribution in [0.1, 0.15) is 45.2 Å². The van der Waals surface area contributed by atoms with Crippen molar-refractivity contribution < 1.29 is 4.39 Å². The molecule has 1 atom stereocenters. The third-order valence-corrected chi connectivity index (χ3v) is 6.59. The number of nitrogens with zero attached hydrogens (tertiary/aromatic N) is 1. The maximum atomic E-state index is 13.3. The van der Waals surface area contributed by atoms with Crippen LogP contribution in [0.2, 0.25) is 0 Å². The van der Waals surface area contributed by atoms with E-state index in [0.717, 1.165) is 41.3 Å². The monoisotopic (exact) mass is 552 g/mol. The summed E-state index contributed by atoms with van der Waals surface area (Å²) in [6.07, 6.45) is 16.9. The number of aliphatic imine (C=N–C) groups is 1. The van der Waals surface area contributed by atoms with Gasteiger partial charge in [0, 0.05) is 30.3 Å². The molecule has 0 aliphatic carbocycles. The fourth-order valence-corrected chi connectivity index (χ4v) is 4.11. The van der Waals surface area contributed by atoms with E-state index < -0.39 is 0 Å². The van der Waals surface area contributed by atoms with E-state index in [-0.39, 0.29) is 11.9 Å². The highest BCUT2D eigenvalue weighted by Crippen LogP contribution is 2.28. The summed E-state index contributed by atoms with van der Waals surface area (Å²) in [5.74, 6) is 0.932. The van der Waals surface area contributed by atoms with Crippen LogP contribution in [0.15, 0.2) is 94.6 Å². The summed E-state index contributed by atoms with van der Waals surface area (Å²) in [7, 11) is 3.64. The Morgan fingerprint density at radius 3 is 2.31 bits per heavy atom. The van der Waals surface area contributed by atoms with Crippen molar-refractivity contribution in [3.63, 3.8) is 0 Å². The van der Waals surface area contributed by atoms with Crippen LogP contribution >= 0.6 is 11.8 Å². The molecule has 0 bridgehead atoms. The Morgan fingerprint density at radius 1 is 1.23 bits per heavy atom. The van der Waals surface area contributed by atoms with Crippen LogP contribution in [0.3, 0.4) is 0 Å². The molecule has 0 radical (unpaired) electrons. The Balaban J connectivity index is 0. The zero-order chi connectivity index (χ0) is 30.4. The molecule has 1 aliphatic rings. The molecule has 0 aromatic heterocycles. The molecule has 1 unspecified atom stereocenters. The topological polar surface area (TPSA) is 62.4 Å². The van der Waals surface area contributed by atoms with E-state index in [4.69, 9.17) is 5.73 Å². The maximum absolute atomic E-state index is 13.3. The molecule has 0 spiro atoms. The highest BCUT2D eigenvalue weighted by Gasteiger charge is 2.09. The van der Waals surface area contributed by atoms with Gasteiger partial charge in [-0.15, -0.1) is 31.2 Å². The molecular formula is C33H49FN4S. The van der Waals surface area contributed by atoms with E-state index in [1.54, 1.807) is 26.1 Å². The zero-order valence-electron chi connectivity index (χ0n) is 25.0. The Hall–Kier alpha value is -3.11. The van der Waals surface area contributed by atoms with Gasteiger partial charge in [-0.25, -0.2) is 4.39 Å². The first-order valence-corrected chi connectivity index (χ1v) is 13.8. The predicted molar refractivity (Wildman–Crippen MR) is 176 cm³/mol. The minimum atomic E-state index is -0.192. The summed E-state index contributed by atoms with van der Waals surface area (Å²) >= 11 is 1.87. The van der Waals surface area contributed by atoms with Gasteiger partial charge in [0.25, 0.3) is 0 Å². The average molecular weight is 553 g/mol. The van der Waals surface area contributed by atoms with Crippen molar-refractivity contribution in [3.8, 4) is 12.8 Å². The van der Waals surface area contributed by atoms with Crippen LogP contribution in [0, 0.1) is 25.6 Å². The summed E-state index contributed by atoms with van der Waals surface area (Å²) in [6, 6.07) is 5.05. The van der Waals surface area contributed by atoms with E-state index in [2.05, 4.69) is 67.3 Å². The summed E-state index contributed by atoms with van der Waals surface area (Å²) in [6.45, 7) is 22.6. The molecule has 39 heavy (non-hydrogen) atoms. The lowest BCUT2D eigenvalue weighted by Gasteiger charge is -2.15. The summed E-state index contributed by atoms with van der Waals surface area (Å²) in [5.41, 5.74) is 12.9. The van der Waals surface area contributed by atoms with Crippen LogP contribution < -0.4 is 16.4 Å². The number of thioether (sulfide) groups is 1. The van der Waals surface area contributed by atoms with Crippen molar-refractivity contribution in [1.29, 1.82) is 0 Å². The second-order valence-corrected chi connectivity index (χ2v) is 9.93. The second kappa shape index (κ2) is 22.8. The van der Waals surface area contributed by atoms with Crippen molar-refractivity contribution in [2.75, 3.05) is 26.4 Å².